The number of esters is 1. The standard InChI is InChI=1S/C37H36O6S2/c1-37(26-19-24-18-25(21-26)22-27(37)20-24)43-36(38)23-41-28-10-12-29(13-11-28)42-30-14-16-31(17-15-30)44-32-6-2-4-8-34(32)45(39,40)35-9-5-3-7-33(35)44/h2-17,24-27,44H,18-23H2,1H3. The molecule has 1 heterocycles. The van der Waals surface area contributed by atoms with Gasteiger partial charge in [-0.1, -0.05) is 24.3 Å². The lowest BCUT2D eigenvalue weighted by molar-refractivity contribution is -0.204. The van der Waals surface area contributed by atoms with Gasteiger partial charge in [0.25, 0.3) is 0 Å². The van der Waals surface area contributed by atoms with E-state index < -0.39 is 20.7 Å². The fraction of sp³-hybridized carbons (Fsp3) is 0.324. The molecule has 5 aliphatic rings. The minimum absolute atomic E-state index is 0.111. The Bertz CT molecular complexity index is 1780. The van der Waals surface area contributed by atoms with Gasteiger partial charge in [0.1, 0.15) is 22.8 Å². The van der Waals surface area contributed by atoms with E-state index >= 15 is 0 Å². The number of hydrogen-bond acceptors (Lipinski definition) is 6. The van der Waals surface area contributed by atoms with Gasteiger partial charge in [0.2, 0.25) is 9.84 Å². The van der Waals surface area contributed by atoms with E-state index in [-0.39, 0.29) is 18.2 Å². The first-order valence-corrected chi connectivity index (χ1v) is 18.6. The predicted octanol–water partition coefficient (Wildman–Crippen LogP) is 8.24. The zero-order valence-electron chi connectivity index (χ0n) is 25.1. The van der Waals surface area contributed by atoms with Crippen LogP contribution in [0.3, 0.4) is 0 Å². The minimum Gasteiger partial charge on any atom is -0.482 e. The van der Waals surface area contributed by atoms with Gasteiger partial charge in [-0.2, -0.15) is 10.9 Å². The molecular weight excluding hydrogens is 605 g/mol. The largest absolute Gasteiger partial charge is 0.482 e. The first kappa shape index (κ1) is 28.7. The average molecular weight is 641 g/mol. The lowest BCUT2D eigenvalue weighted by Crippen LogP contribution is -2.58. The highest BCUT2D eigenvalue weighted by Gasteiger charge is 2.57. The van der Waals surface area contributed by atoms with Gasteiger partial charge < -0.3 is 14.2 Å². The molecule has 4 aromatic rings. The smallest absolute Gasteiger partial charge is 0.344 e. The second-order valence-corrected chi connectivity index (χ2v) is 17.1. The maximum absolute atomic E-state index is 13.3. The number of carbonyl (C=O) groups is 1. The Hall–Kier alpha value is -3.75. The highest BCUT2D eigenvalue weighted by atomic mass is 32.2. The van der Waals surface area contributed by atoms with Crippen molar-refractivity contribution in [3.05, 3.63) is 97.1 Å². The number of benzene rings is 4. The zero-order chi connectivity index (χ0) is 30.8. The molecule has 0 N–H and O–H groups in total. The summed E-state index contributed by atoms with van der Waals surface area (Å²) < 4.78 is 44.7. The van der Waals surface area contributed by atoms with Gasteiger partial charge in [0.15, 0.2) is 6.61 Å². The molecule has 0 radical (unpaired) electrons. The van der Waals surface area contributed by atoms with Crippen LogP contribution in [0.4, 0.5) is 0 Å². The van der Waals surface area contributed by atoms with Crippen LogP contribution in [0.15, 0.2) is 122 Å². The van der Waals surface area contributed by atoms with Crippen LogP contribution in [0.2, 0.25) is 0 Å². The molecule has 4 bridgehead atoms. The first-order valence-electron chi connectivity index (χ1n) is 15.7. The summed E-state index contributed by atoms with van der Waals surface area (Å²) >= 11 is 0. The van der Waals surface area contributed by atoms with Crippen molar-refractivity contribution in [3.63, 3.8) is 0 Å². The van der Waals surface area contributed by atoms with Crippen LogP contribution in [0.25, 0.3) is 0 Å². The Labute approximate surface area is 267 Å². The molecule has 4 saturated carbocycles. The van der Waals surface area contributed by atoms with Gasteiger partial charge in [0, 0.05) is 9.79 Å². The van der Waals surface area contributed by atoms with Gasteiger partial charge in [-0.15, -0.1) is 0 Å². The molecule has 0 aromatic heterocycles. The van der Waals surface area contributed by atoms with Crippen LogP contribution in [0.1, 0.15) is 39.0 Å². The number of thiol groups is 1. The van der Waals surface area contributed by atoms with E-state index in [1.807, 2.05) is 60.7 Å². The van der Waals surface area contributed by atoms with Gasteiger partial charge >= 0.3 is 5.97 Å². The molecule has 0 spiro atoms. The number of fused-ring (bicyclic) bond motifs is 2. The summed E-state index contributed by atoms with van der Waals surface area (Å²) in [5.41, 5.74) is -0.357. The number of hydrogen-bond donors (Lipinski definition) is 1. The number of carbonyl (C=O) groups excluding carboxylic acids is 1. The normalized spacial score (nSPS) is 27.7. The van der Waals surface area contributed by atoms with E-state index in [1.165, 1.54) is 32.1 Å². The van der Waals surface area contributed by atoms with Crippen molar-refractivity contribution in [3.8, 4) is 17.2 Å². The van der Waals surface area contributed by atoms with Crippen molar-refractivity contribution in [2.24, 2.45) is 23.7 Å². The van der Waals surface area contributed by atoms with Crippen LogP contribution in [-0.4, -0.2) is 26.6 Å². The molecule has 0 atom stereocenters. The fourth-order valence-corrected chi connectivity index (χ4v) is 13.4. The lowest BCUT2D eigenvalue weighted by atomic mass is 9.50. The van der Waals surface area contributed by atoms with Gasteiger partial charge in [0.05, 0.1) is 9.79 Å². The Morgan fingerprint density at radius 2 is 1.20 bits per heavy atom. The summed E-state index contributed by atoms with van der Waals surface area (Å²) in [6.07, 6.45) is 6.13. The molecule has 0 saturated heterocycles. The van der Waals surface area contributed by atoms with Gasteiger partial charge in [-0.3, -0.25) is 0 Å². The maximum atomic E-state index is 13.3. The summed E-state index contributed by atoms with van der Waals surface area (Å²) in [5, 5.41) is 0. The molecule has 0 unspecified atom stereocenters. The Balaban J connectivity index is 0.916. The lowest BCUT2D eigenvalue weighted by Gasteiger charge is -2.59. The van der Waals surface area contributed by atoms with Gasteiger partial charge in [-0.25, -0.2) is 13.2 Å². The van der Waals surface area contributed by atoms with Crippen LogP contribution in [0, 0.1) is 23.7 Å². The monoisotopic (exact) mass is 640 g/mol. The first-order chi connectivity index (χ1) is 21.8. The van der Waals surface area contributed by atoms with Crippen molar-refractivity contribution < 1.29 is 27.4 Å². The third-order valence-electron chi connectivity index (χ3n) is 10.4. The third-order valence-corrected chi connectivity index (χ3v) is 15.1. The Kier molecular flexibility index (Phi) is 6.99. The summed E-state index contributed by atoms with van der Waals surface area (Å²) in [7, 11) is -4.61. The van der Waals surface area contributed by atoms with Crippen molar-refractivity contribution in [1.82, 2.24) is 0 Å². The molecule has 1 aliphatic heterocycles. The highest BCUT2D eigenvalue weighted by molar-refractivity contribution is 8.18. The molecule has 232 valence electrons. The van der Waals surface area contributed by atoms with Crippen molar-refractivity contribution >= 4 is 26.7 Å². The number of rotatable bonds is 7. The molecule has 4 aliphatic carbocycles. The van der Waals surface area contributed by atoms with E-state index in [2.05, 4.69) is 6.92 Å². The van der Waals surface area contributed by atoms with Gasteiger partial charge in [-0.05, 0) is 140 Å². The summed E-state index contributed by atoms with van der Waals surface area (Å²) in [6, 6.07) is 29.7. The summed E-state index contributed by atoms with van der Waals surface area (Å²) in [4.78, 5) is 16.3. The van der Waals surface area contributed by atoms with Crippen molar-refractivity contribution in [2.45, 2.75) is 69.1 Å². The highest BCUT2D eigenvalue weighted by Crippen LogP contribution is 2.60. The molecule has 0 amide bonds. The molecule has 8 heteroatoms. The fourth-order valence-electron chi connectivity index (χ4n) is 8.37. The van der Waals surface area contributed by atoms with E-state index in [0.717, 1.165) is 26.5 Å². The molecule has 4 fully saturated rings. The summed E-state index contributed by atoms with van der Waals surface area (Å²) in [6.45, 7) is 2.04. The summed E-state index contributed by atoms with van der Waals surface area (Å²) in [5.74, 6) is 4.20. The van der Waals surface area contributed by atoms with Crippen molar-refractivity contribution in [2.75, 3.05) is 6.61 Å². The quantitative estimate of drug-likeness (QED) is 0.143. The third kappa shape index (κ3) is 5.03. The van der Waals surface area contributed by atoms with E-state index in [9.17, 15) is 13.2 Å². The second-order valence-electron chi connectivity index (χ2n) is 13.1. The van der Waals surface area contributed by atoms with E-state index in [1.54, 1.807) is 36.4 Å². The Morgan fingerprint density at radius 1 is 0.711 bits per heavy atom. The Morgan fingerprint density at radius 3 is 1.76 bits per heavy atom. The van der Waals surface area contributed by atoms with E-state index in [4.69, 9.17) is 14.2 Å². The molecule has 6 nitrogen and oxygen atoms in total. The SMILES string of the molecule is CC1(OC(=O)COc2ccc(Oc3ccc([SH]4c5ccccc5S(=O)(=O)c5ccccc54)cc3)cc2)C2CC3CC(C2)CC1C3. The van der Waals surface area contributed by atoms with Crippen LogP contribution >= 0.6 is 10.9 Å². The van der Waals surface area contributed by atoms with E-state index in [0.29, 0.717) is 38.9 Å². The van der Waals surface area contributed by atoms with Crippen LogP contribution in [-0.2, 0) is 19.4 Å². The van der Waals surface area contributed by atoms with Crippen molar-refractivity contribution in [1.29, 1.82) is 0 Å². The molecular formula is C37H36O6S2. The number of ether oxygens (including phenoxy) is 3. The average Bonchev–Trinajstić information content (AvgIpc) is 3.04. The topological polar surface area (TPSA) is 78.9 Å². The second kappa shape index (κ2) is 11.0. The zero-order valence-corrected chi connectivity index (χ0v) is 26.8. The predicted molar refractivity (Wildman–Crippen MR) is 172 cm³/mol. The minimum atomic E-state index is -3.56. The molecule has 4 aromatic carbocycles. The molecule has 9 rings (SSSR count). The molecule has 45 heavy (non-hydrogen) atoms. The number of sulfone groups is 1. The van der Waals surface area contributed by atoms with Crippen LogP contribution in [0.5, 0.6) is 17.2 Å². The van der Waals surface area contributed by atoms with Crippen LogP contribution < -0.4 is 9.47 Å². The maximum Gasteiger partial charge on any atom is 0.344 e.